The second kappa shape index (κ2) is 7.72. The van der Waals surface area contributed by atoms with E-state index in [9.17, 15) is 9.59 Å². The standard InChI is InChI=1S/C15H14ClN3O2S/c1-10(13-3-2-8-22-13)18-19-14(20)9-17-15(21)11-4-6-12(16)7-5-11/h2-8H,9H2,1H3,(H,17,21)(H,19,20). The van der Waals surface area contributed by atoms with Crippen LogP contribution in [0.5, 0.6) is 0 Å². The van der Waals surface area contributed by atoms with Crippen LogP contribution in [-0.4, -0.2) is 24.1 Å². The Morgan fingerprint density at radius 1 is 1.23 bits per heavy atom. The average Bonchev–Trinajstić information content (AvgIpc) is 3.05. The van der Waals surface area contributed by atoms with Crippen molar-refractivity contribution >= 4 is 40.5 Å². The first-order valence-electron chi connectivity index (χ1n) is 6.47. The molecule has 114 valence electrons. The highest BCUT2D eigenvalue weighted by atomic mass is 35.5. The molecule has 0 fully saturated rings. The molecule has 0 bridgehead atoms. The number of hydrogen-bond donors (Lipinski definition) is 2. The summed E-state index contributed by atoms with van der Waals surface area (Å²) in [6.07, 6.45) is 0. The van der Waals surface area contributed by atoms with E-state index in [1.807, 2.05) is 17.5 Å². The number of hydrazone groups is 1. The lowest BCUT2D eigenvalue weighted by molar-refractivity contribution is -0.120. The quantitative estimate of drug-likeness (QED) is 0.651. The molecule has 0 atom stereocenters. The van der Waals surface area contributed by atoms with Crippen molar-refractivity contribution in [1.29, 1.82) is 0 Å². The molecular formula is C15H14ClN3O2S. The summed E-state index contributed by atoms with van der Waals surface area (Å²) in [4.78, 5) is 24.5. The molecule has 2 rings (SSSR count). The molecule has 0 saturated heterocycles. The topological polar surface area (TPSA) is 70.6 Å². The summed E-state index contributed by atoms with van der Waals surface area (Å²) >= 11 is 7.28. The van der Waals surface area contributed by atoms with Crippen LogP contribution in [0.1, 0.15) is 22.2 Å². The highest BCUT2D eigenvalue weighted by Gasteiger charge is 2.07. The molecule has 0 spiro atoms. The van der Waals surface area contributed by atoms with Crippen LogP contribution in [0.3, 0.4) is 0 Å². The molecular weight excluding hydrogens is 322 g/mol. The fourth-order valence-electron chi connectivity index (χ4n) is 1.59. The number of rotatable bonds is 5. The van der Waals surface area contributed by atoms with Crippen LogP contribution in [0.25, 0.3) is 0 Å². The molecule has 0 radical (unpaired) electrons. The van der Waals surface area contributed by atoms with Gasteiger partial charge < -0.3 is 5.32 Å². The van der Waals surface area contributed by atoms with E-state index in [1.165, 1.54) is 11.3 Å². The van der Waals surface area contributed by atoms with Gasteiger partial charge >= 0.3 is 0 Å². The van der Waals surface area contributed by atoms with Crippen LogP contribution >= 0.6 is 22.9 Å². The maximum Gasteiger partial charge on any atom is 0.259 e. The highest BCUT2D eigenvalue weighted by Crippen LogP contribution is 2.10. The fourth-order valence-corrected chi connectivity index (χ4v) is 2.39. The Kier molecular flexibility index (Phi) is 5.68. The van der Waals surface area contributed by atoms with Crippen molar-refractivity contribution in [3.63, 3.8) is 0 Å². The maximum absolute atomic E-state index is 11.8. The minimum atomic E-state index is -0.391. The summed E-state index contributed by atoms with van der Waals surface area (Å²) in [5.74, 6) is -0.732. The third kappa shape index (κ3) is 4.68. The minimum Gasteiger partial charge on any atom is -0.343 e. The summed E-state index contributed by atoms with van der Waals surface area (Å²) in [6, 6.07) is 10.2. The van der Waals surface area contributed by atoms with Gasteiger partial charge in [0.05, 0.1) is 12.3 Å². The third-order valence-electron chi connectivity index (χ3n) is 2.74. The van der Waals surface area contributed by atoms with Crippen molar-refractivity contribution in [1.82, 2.24) is 10.7 Å². The minimum absolute atomic E-state index is 0.150. The van der Waals surface area contributed by atoms with Crippen molar-refractivity contribution in [2.45, 2.75) is 6.92 Å². The Hall–Kier alpha value is -2.18. The highest BCUT2D eigenvalue weighted by molar-refractivity contribution is 7.12. The molecule has 2 aromatic rings. The molecule has 0 aliphatic rings. The summed E-state index contributed by atoms with van der Waals surface area (Å²) in [7, 11) is 0. The number of nitrogens with zero attached hydrogens (tertiary/aromatic N) is 1. The number of benzene rings is 1. The summed E-state index contributed by atoms with van der Waals surface area (Å²) in [6.45, 7) is 1.65. The first-order chi connectivity index (χ1) is 10.6. The van der Waals surface area contributed by atoms with Crippen molar-refractivity contribution in [3.05, 3.63) is 57.2 Å². The normalized spacial score (nSPS) is 11.1. The molecule has 2 N–H and O–H groups in total. The van der Waals surface area contributed by atoms with E-state index in [0.717, 1.165) is 4.88 Å². The zero-order valence-corrected chi connectivity index (χ0v) is 13.4. The Labute approximate surface area is 137 Å². The Balaban J connectivity index is 1.81. The van der Waals surface area contributed by atoms with E-state index in [0.29, 0.717) is 16.3 Å². The number of halogens is 1. The van der Waals surface area contributed by atoms with Crippen LogP contribution in [0.2, 0.25) is 5.02 Å². The largest absolute Gasteiger partial charge is 0.343 e. The zero-order valence-electron chi connectivity index (χ0n) is 11.8. The predicted molar refractivity (Wildman–Crippen MR) is 88.5 cm³/mol. The second-order valence-electron chi connectivity index (χ2n) is 4.40. The Morgan fingerprint density at radius 2 is 1.95 bits per heavy atom. The van der Waals surface area contributed by atoms with E-state index in [2.05, 4.69) is 15.8 Å². The second-order valence-corrected chi connectivity index (χ2v) is 5.78. The molecule has 7 heteroatoms. The molecule has 2 amide bonds. The summed E-state index contributed by atoms with van der Waals surface area (Å²) in [5, 5.41) is 8.99. The maximum atomic E-state index is 11.8. The lowest BCUT2D eigenvalue weighted by Crippen LogP contribution is -2.35. The Morgan fingerprint density at radius 3 is 2.59 bits per heavy atom. The van der Waals surface area contributed by atoms with Gasteiger partial charge in [0.2, 0.25) is 0 Å². The Bertz CT molecular complexity index is 681. The van der Waals surface area contributed by atoms with Crippen molar-refractivity contribution < 1.29 is 9.59 Å². The van der Waals surface area contributed by atoms with Gasteiger partial charge in [0.15, 0.2) is 0 Å². The average molecular weight is 336 g/mol. The number of amides is 2. The number of carbonyl (C=O) groups is 2. The van der Waals surface area contributed by atoms with Crippen molar-refractivity contribution in [2.24, 2.45) is 5.10 Å². The number of nitrogens with one attached hydrogen (secondary N) is 2. The first-order valence-corrected chi connectivity index (χ1v) is 7.73. The van der Waals surface area contributed by atoms with E-state index < -0.39 is 5.91 Å². The van der Waals surface area contributed by atoms with Crippen LogP contribution in [0.4, 0.5) is 0 Å². The van der Waals surface area contributed by atoms with Gasteiger partial charge in [-0.05, 0) is 42.6 Å². The zero-order chi connectivity index (χ0) is 15.9. The van der Waals surface area contributed by atoms with E-state index in [4.69, 9.17) is 11.6 Å². The molecule has 0 aliphatic heterocycles. The molecule has 22 heavy (non-hydrogen) atoms. The van der Waals surface area contributed by atoms with Crippen LogP contribution in [0.15, 0.2) is 46.9 Å². The molecule has 1 aromatic carbocycles. The number of hydrogen-bond acceptors (Lipinski definition) is 4. The van der Waals surface area contributed by atoms with Crippen molar-refractivity contribution in [2.75, 3.05) is 6.54 Å². The lowest BCUT2D eigenvalue weighted by Gasteiger charge is -2.05. The third-order valence-corrected chi connectivity index (χ3v) is 3.97. The molecule has 0 unspecified atom stereocenters. The van der Waals surface area contributed by atoms with Gasteiger partial charge in [0.1, 0.15) is 0 Å². The van der Waals surface area contributed by atoms with Gasteiger partial charge in [-0.15, -0.1) is 11.3 Å². The molecule has 5 nitrogen and oxygen atoms in total. The van der Waals surface area contributed by atoms with Gasteiger partial charge in [-0.1, -0.05) is 17.7 Å². The summed E-state index contributed by atoms with van der Waals surface area (Å²) < 4.78 is 0. The van der Waals surface area contributed by atoms with Gasteiger partial charge in [-0.25, -0.2) is 5.43 Å². The van der Waals surface area contributed by atoms with Gasteiger partial charge in [0.25, 0.3) is 11.8 Å². The van der Waals surface area contributed by atoms with Crippen LogP contribution < -0.4 is 10.7 Å². The van der Waals surface area contributed by atoms with Crippen molar-refractivity contribution in [3.8, 4) is 0 Å². The SMILES string of the molecule is CC(=NNC(=O)CNC(=O)c1ccc(Cl)cc1)c1cccs1. The van der Waals surface area contributed by atoms with E-state index in [-0.39, 0.29) is 12.5 Å². The fraction of sp³-hybridized carbons (Fsp3) is 0.133. The molecule has 0 saturated carbocycles. The monoisotopic (exact) mass is 335 g/mol. The molecule has 1 aromatic heterocycles. The predicted octanol–water partition coefficient (Wildman–Crippen LogP) is 2.67. The molecule has 0 aliphatic carbocycles. The van der Waals surface area contributed by atoms with Crippen LogP contribution in [-0.2, 0) is 4.79 Å². The van der Waals surface area contributed by atoms with E-state index in [1.54, 1.807) is 31.2 Å². The van der Waals surface area contributed by atoms with Gasteiger partial charge in [0, 0.05) is 15.5 Å². The van der Waals surface area contributed by atoms with E-state index >= 15 is 0 Å². The first kappa shape index (κ1) is 16.2. The number of thiophene rings is 1. The lowest BCUT2D eigenvalue weighted by atomic mass is 10.2. The molecule has 1 heterocycles. The smallest absolute Gasteiger partial charge is 0.259 e. The van der Waals surface area contributed by atoms with Gasteiger partial charge in [-0.2, -0.15) is 5.10 Å². The number of carbonyl (C=O) groups excluding carboxylic acids is 2. The van der Waals surface area contributed by atoms with Crippen LogP contribution in [0, 0.1) is 0 Å². The van der Waals surface area contributed by atoms with Gasteiger partial charge in [-0.3, -0.25) is 9.59 Å². The summed E-state index contributed by atoms with van der Waals surface area (Å²) in [5.41, 5.74) is 3.56.